The van der Waals surface area contributed by atoms with Gasteiger partial charge in [0.25, 0.3) is 5.69 Å². The number of aliphatic carboxylic acids is 1. The molecule has 148 valence electrons. The van der Waals surface area contributed by atoms with E-state index < -0.39 is 22.3 Å². The highest BCUT2D eigenvalue weighted by Crippen LogP contribution is 2.42. The van der Waals surface area contributed by atoms with Crippen LogP contribution in [0.1, 0.15) is 63.9 Å². The van der Waals surface area contributed by atoms with E-state index in [2.05, 4.69) is 12.2 Å². The van der Waals surface area contributed by atoms with Gasteiger partial charge in [0.15, 0.2) is 0 Å². The van der Waals surface area contributed by atoms with Gasteiger partial charge >= 0.3 is 5.97 Å². The predicted molar refractivity (Wildman–Crippen MR) is 101 cm³/mol. The maximum Gasteiger partial charge on any atom is 0.326 e. The molecule has 0 bridgehead atoms. The van der Waals surface area contributed by atoms with Crippen LogP contribution in [-0.2, 0) is 16.0 Å². The van der Waals surface area contributed by atoms with Gasteiger partial charge in [0.1, 0.15) is 6.04 Å². The molecule has 0 aromatic heterocycles. The van der Waals surface area contributed by atoms with Crippen molar-refractivity contribution in [3.05, 3.63) is 39.9 Å². The number of nitrogens with zero attached hydrogens (tertiary/aromatic N) is 1. The van der Waals surface area contributed by atoms with Gasteiger partial charge in [-0.2, -0.15) is 0 Å². The third-order valence-electron chi connectivity index (χ3n) is 5.49. The van der Waals surface area contributed by atoms with Crippen LogP contribution in [0, 0.1) is 15.5 Å². The maximum absolute atomic E-state index is 12.9. The molecule has 0 spiro atoms. The third kappa shape index (κ3) is 5.52. The first-order valence-electron chi connectivity index (χ1n) is 9.65. The molecule has 1 unspecified atom stereocenters. The molecule has 7 heteroatoms. The van der Waals surface area contributed by atoms with Gasteiger partial charge in [0, 0.05) is 24.0 Å². The fourth-order valence-electron chi connectivity index (χ4n) is 3.86. The number of nitrogens with one attached hydrogen (secondary N) is 1. The smallest absolute Gasteiger partial charge is 0.326 e. The van der Waals surface area contributed by atoms with E-state index in [4.69, 9.17) is 0 Å². The molecule has 2 N–H and O–H groups in total. The third-order valence-corrected chi connectivity index (χ3v) is 5.49. The molecule has 1 saturated carbocycles. The molecule has 0 radical (unpaired) electrons. The lowest BCUT2D eigenvalue weighted by Gasteiger charge is -2.29. The highest BCUT2D eigenvalue weighted by molar-refractivity contribution is 5.87. The van der Waals surface area contributed by atoms with Crippen LogP contribution in [0.3, 0.4) is 0 Å². The average Bonchev–Trinajstić information content (AvgIpc) is 3.12. The van der Waals surface area contributed by atoms with Gasteiger partial charge in [0.2, 0.25) is 5.91 Å². The summed E-state index contributed by atoms with van der Waals surface area (Å²) in [5.74, 6) is -1.26. The second kappa shape index (κ2) is 9.48. The number of hydrogen-bond donors (Lipinski definition) is 2. The lowest BCUT2D eigenvalue weighted by Crippen LogP contribution is -2.48. The SMILES string of the molecule is CCCCCC1(C(=O)NC(Cc2ccc([N+](=O)[O-])cc2)C(=O)O)CCCC1. The minimum atomic E-state index is -1.09. The Bertz CT molecular complexity index is 665. The topological polar surface area (TPSA) is 110 Å². The van der Waals surface area contributed by atoms with Crippen molar-refractivity contribution >= 4 is 17.6 Å². The number of nitro benzene ring substituents is 1. The highest BCUT2D eigenvalue weighted by atomic mass is 16.6. The van der Waals surface area contributed by atoms with Crippen molar-refractivity contribution in [1.29, 1.82) is 0 Å². The van der Waals surface area contributed by atoms with E-state index in [1.54, 1.807) is 0 Å². The zero-order valence-electron chi connectivity index (χ0n) is 15.8. The number of nitro groups is 1. The van der Waals surface area contributed by atoms with E-state index in [1.807, 2.05) is 0 Å². The predicted octanol–water partition coefficient (Wildman–Crippen LogP) is 3.85. The Morgan fingerprint density at radius 2 is 1.85 bits per heavy atom. The Hall–Kier alpha value is -2.44. The normalized spacial score (nSPS) is 16.6. The second-order valence-electron chi connectivity index (χ2n) is 7.44. The Balaban J connectivity index is 2.06. The summed E-state index contributed by atoms with van der Waals surface area (Å²) in [6, 6.07) is 4.72. The zero-order chi connectivity index (χ0) is 19.9. The quantitative estimate of drug-likeness (QED) is 0.366. The fourth-order valence-corrected chi connectivity index (χ4v) is 3.86. The van der Waals surface area contributed by atoms with Gasteiger partial charge in [0.05, 0.1) is 4.92 Å². The summed E-state index contributed by atoms with van der Waals surface area (Å²) >= 11 is 0. The number of carboxylic acid groups (broad SMARTS) is 1. The summed E-state index contributed by atoms with van der Waals surface area (Å²) in [7, 11) is 0. The van der Waals surface area contributed by atoms with Crippen molar-refractivity contribution in [2.75, 3.05) is 0 Å². The van der Waals surface area contributed by atoms with Crippen LogP contribution in [0.4, 0.5) is 5.69 Å². The Labute approximate surface area is 159 Å². The summed E-state index contributed by atoms with van der Waals surface area (Å²) in [6.07, 6.45) is 7.65. The summed E-state index contributed by atoms with van der Waals surface area (Å²) in [5.41, 5.74) is 0.147. The minimum Gasteiger partial charge on any atom is -0.480 e. The first-order chi connectivity index (χ1) is 12.9. The monoisotopic (exact) mass is 376 g/mol. The van der Waals surface area contributed by atoms with Gasteiger partial charge < -0.3 is 10.4 Å². The minimum absolute atomic E-state index is 0.0458. The molecule has 1 atom stereocenters. The van der Waals surface area contributed by atoms with Crippen molar-refractivity contribution in [2.45, 2.75) is 70.8 Å². The largest absolute Gasteiger partial charge is 0.480 e. The van der Waals surface area contributed by atoms with Crippen molar-refractivity contribution in [3.63, 3.8) is 0 Å². The molecule has 0 saturated heterocycles. The van der Waals surface area contributed by atoms with E-state index in [0.29, 0.717) is 5.56 Å². The first-order valence-corrected chi connectivity index (χ1v) is 9.65. The highest BCUT2D eigenvalue weighted by Gasteiger charge is 2.41. The number of carbonyl (C=O) groups excluding carboxylic acids is 1. The molecule has 1 amide bonds. The number of unbranched alkanes of at least 4 members (excludes halogenated alkanes) is 2. The molecule has 1 fully saturated rings. The standard InChI is InChI=1S/C20H28N2O5/c1-2-3-4-11-20(12-5-6-13-20)19(25)21-17(18(23)24)14-15-7-9-16(10-8-15)22(26)27/h7-10,17H,2-6,11-14H2,1H3,(H,21,25)(H,23,24). The number of rotatable bonds is 10. The Kier molecular flexibility index (Phi) is 7.33. The molecule has 0 heterocycles. The lowest BCUT2D eigenvalue weighted by molar-refractivity contribution is -0.384. The summed E-state index contributed by atoms with van der Waals surface area (Å²) in [4.78, 5) is 34.9. The van der Waals surface area contributed by atoms with Crippen molar-refractivity contribution in [2.24, 2.45) is 5.41 Å². The zero-order valence-corrected chi connectivity index (χ0v) is 15.8. The Morgan fingerprint density at radius 1 is 1.22 bits per heavy atom. The molecule has 1 aromatic rings. The van der Waals surface area contributed by atoms with Gasteiger partial charge in [-0.15, -0.1) is 0 Å². The van der Waals surface area contributed by atoms with Crippen molar-refractivity contribution < 1.29 is 19.6 Å². The first kappa shape index (κ1) is 20.9. The number of amides is 1. The van der Waals surface area contributed by atoms with E-state index in [1.165, 1.54) is 24.3 Å². The lowest BCUT2D eigenvalue weighted by atomic mass is 9.79. The average molecular weight is 376 g/mol. The number of non-ortho nitro benzene ring substituents is 1. The molecular weight excluding hydrogens is 348 g/mol. The van der Waals surface area contributed by atoms with Crippen LogP contribution < -0.4 is 5.32 Å². The van der Waals surface area contributed by atoms with Gasteiger partial charge in [-0.3, -0.25) is 14.9 Å². The number of benzene rings is 1. The molecule has 27 heavy (non-hydrogen) atoms. The molecule has 1 aliphatic carbocycles. The second-order valence-corrected chi connectivity index (χ2v) is 7.44. The summed E-state index contributed by atoms with van der Waals surface area (Å²) in [5, 5.41) is 23.0. The van der Waals surface area contributed by atoms with Gasteiger partial charge in [-0.05, 0) is 24.8 Å². The fraction of sp³-hybridized carbons (Fsp3) is 0.600. The molecule has 1 aliphatic rings. The van der Waals surface area contributed by atoms with Gasteiger partial charge in [-0.1, -0.05) is 51.2 Å². The number of hydrogen-bond acceptors (Lipinski definition) is 4. The molecular formula is C20H28N2O5. The summed E-state index contributed by atoms with van der Waals surface area (Å²) < 4.78 is 0. The van der Waals surface area contributed by atoms with E-state index >= 15 is 0 Å². The van der Waals surface area contributed by atoms with E-state index in [-0.39, 0.29) is 18.0 Å². The molecule has 1 aromatic carbocycles. The molecule has 0 aliphatic heterocycles. The van der Waals surface area contributed by atoms with E-state index in [9.17, 15) is 24.8 Å². The van der Waals surface area contributed by atoms with Gasteiger partial charge in [-0.25, -0.2) is 4.79 Å². The van der Waals surface area contributed by atoms with Crippen molar-refractivity contribution in [3.8, 4) is 0 Å². The van der Waals surface area contributed by atoms with Crippen LogP contribution in [-0.4, -0.2) is 27.9 Å². The van der Waals surface area contributed by atoms with Crippen LogP contribution in [0.15, 0.2) is 24.3 Å². The Morgan fingerprint density at radius 3 is 2.37 bits per heavy atom. The maximum atomic E-state index is 12.9. The molecule has 7 nitrogen and oxygen atoms in total. The molecule has 2 rings (SSSR count). The van der Waals surface area contributed by atoms with Crippen LogP contribution in [0.5, 0.6) is 0 Å². The van der Waals surface area contributed by atoms with Crippen LogP contribution in [0.25, 0.3) is 0 Å². The summed E-state index contributed by atoms with van der Waals surface area (Å²) in [6.45, 7) is 2.12. The van der Waals surface area contributed by atoms with Crippen LogP contribution in [0.2, 0.25) is 0 Å². The number of carbonyl (C=O) groups is 2. The van der Waals surface area contributed by atoms with Crippen molar-refractivity contribution in [1.82, 2.24) is 5.32 Å². The van der Waals surface area contributed by atoms with E-state index in [0.717, 1.165) is 51.4 Å². The number of carboxylic acids is 1. The van der Waals surface area contributed by atoms with Crippen LogP contribution >= 0.6 is 0 Å².